The fraction of sp³-hybridized carbons (Fsp3) is 1.00. The van der Waals surface area contributed by atoms with Crippen LogP contribution in [0.4, 0.5) is 0 Å². The first-order valence-electron chi connectivity index (χ1n) is 25.9. The number of hydrogen-bond donors (Lipinski definition) is 1. The molecule has 1 N–H and O–H groups in total. The van der Waals surface area contributed by atoms with Gasteiger partial charge >= 0.3 is 0 Å². The molecule has 7 fully saturated rings. The van der Waals surface area contributed by atoms with E-state index < -0.39 is 0 Å². The summed E-state index contributed by atoms with van der Waals surface area (Å²) >= 11 is 0. The van der Waals surface area contributed by atoms with Gasteiger partial charge in [0, 0.05) is 74.4 Å². The Morgan fingerprint density at radius 2 is 0.484 bits per heavy atom. The first-order valence-corrected chi connectivity index (χ1v) is 25.9. The van der Waals surface area contributed by atoms with Crippen LogP contribution in [-0.4, -0.2) is 142 Å². The molecular formula is C51H91NO10. The molecule has 0 amide bonds. The number of hydrogen-bond acceptors (Lipinski definition) is 11. The van der Waals surface area contributed by atoms with Crippen molar-refractivity contribution in [3.05, 3.63) is 0 Å². The molecule has 0 aromatic rings. The second-order valence-electron chi connectivity index (χ2n) is 21.3. The van der Waals surface area contributed by atoms with Crippen LogP contribution in [0.1, 0.15) is 148 Å². The van der Waals surface area contributed by atoms with Gasteiger partial charge in [0.2, 0.25) is 0 Å². The molecule has 7 rings (SSSR count). The summed E-state index contributed by atoms with van der Waals surface area (Å²) in [4.78, 5) is 0. The second kappa shape index (κ2) is 26.8. The molecule has 11 heteroatoms. The topological polar surface area (TPSA) is 104 Å². The van der Waals surface area contributed by atoms with E-state index in [4.69, 9.17) is 47.4 Å². The van der Waals surface area contributed by atoms with Gasteiger partial charge in [-0.2, -0.15) is 0 Å². The zero-order chi connectivity index (χ0) is 42.9. The molecule has 6 saturated carbocycles. The number of rotatable bonds is 22. The Hall–Kier alpha value is -0.440. The average Bonchev–Trinajstić information content (AvgIpc) is 3.33. The minimum Gasteiger partial charge on any atom is -0.381 e. The second-order valence-corrected chi connectivity index (χ2v) is 21.3. The quantitative estimate of drug-likeness (QED) is 0.113. The molecule has 11 nitrogen and oxygen atoms in total. The van der Waals surface area contributed by atoms with Crippen LogP contribution in [0.15, 0.2) is 0 Å². The van der Waals surface area contributed by atoms with E-state index in [0.29, 0.717) is 59.9 Å². The Bertz CT molecular complexity index is 1020. The van der Waals surface area contributed by atoms with E-state index in [2.05, 4.69) is 5.32 Å². The molecule has 7 aliphatic rings. The first-order chi connectivity index (χ1) is 30.4. The summed E-state index contributed by atoms with van der Waals surface area (Å²) in [7, 11) is 7.41. The van der Waals surface area contributed by atoms with Crippen LogP contribution in [0, 0.1) is 35.5 Å². The summed E-state index contributed by atoms with van der Waals surface area (Å²) in [6.45, 7) is 6.74. The lowest BCUT2D eigenvalue weighted by molar-refractivity contribution is -0.110. The molecule has 6 aliphatic carbocycles. The SMILES string of the molecule is COC1CCC(COC2CC(COC3CNCC(OCC4CC(OCC5CCC(OC)CC5)CC(OCC5CCC(OC)CC5)C4)C3)CC(OCC3CCC(OC)CC3)C2)CC1. The highest BCUT2D eigenvalue weighted by Crippen LogP contribution is 2.36. The Kier molecular flexibility index (Phi) is 21.4. The van der Waals surface area contributed by atoms with Crippen molar-refractivity contribution in [1.29, 1.82) is 0 Å². The lowest BCUT2D eigenvalue weighted by atomic mass is 9.84. The van der Waals surface area contributed by atoms with Crippen molar-refractivity contribution in [3.8, 4) is 0 Å². The summed E-state index contributed by atoms with van der Waals surface area (Å²) in [5, 5.41) is 3.67. The smallest absolute Gasteiger partial charge is 0.0724 e. The van der Waals surface area contributed by atoms with E-state index in [-0.39, 0.29) is 36.6 Å². The minimum absolute atomic E-state index is 0.154. The summed E-state index contributed by atoms with van der Waals surface area (Å²) in [5.74, 6) is 3.44. The maximum absolute atomic E-state index is 6.78. The van der Waals surface area contributed by atoms with Crippen LogP contribution >= 0.6 is 0 Å². The number of methoxy groups -OCH3 is 4. The van der Waals surface area contributed by atoms with Crippen molar-refractivity contribution < 1.29 is 47.4 Å². The van der Waals surface area contributed by atoms with Gasteiger partial charge in [-0.15, -0.1) is 0 Å². The predicted octanol–water partition coefficient (Wildman–Crippen LogP) is 8.71. The van der Waals surface area contributed by atoms with E-state index in [0.717, 1.165) is 149 Å². The normalized spacial score (nSPS) is 41.2. The third-order valence-corrected chi connectivity index (χ3v) is 16.6. The zero-order valence-corrected chi connectivity index (χ0v) is 39.7. The monoisotopic (exact) mass is 878 g/mol. The summed E-state index contributed by atoms with van der Waals surface area (Å²) < 4.78 is 63.1. The van der Waals surface area contributed by atoms with Gasteiger partial charge in [0.15, 0.2) is 0 Å². The van der Waals surface area contributed by atoms with Crippen molar-refractivity contribution in [3.63, 3.8) is 0 Å². The molecule has 1 saturated heterocycles. The van der Waals surface area contributed by atoms with Crippen molar-refractivity contribution in [1.82, 2.24) is 5.32 Å². The molecule has 62 heavy (non-hydrogen) atoms. The van der Waals surface area contributed by atoms with Gasteiger partial charge in [-0.25, -0.2) is 0 Å². The van der Waals surface area contributed by atoms with Crippen LogP contribution in [0.25, 0.3) is 0 Å². The molecular weight excluding hydrogens is 787 g/mol. The lowest BCUT2D eigenvalue weighted by Crippen LogP contribution is -2.46. The van der Waals surface area contributed by atoms with E-state index in [1.54, 1.807) is 0 Å². The van der Waals surface area contributed by atoms with E-state index >= 15 is 0 Å². The van der Waals surface area contributed by atoms with Crippen LogP contribution in [0.5, 0.6) is 0 Å². The molecule has 1 heterocycles. The van der Waals surface area contributed by atoms with Gasteiger partial charge in [0.1, 0.15) is 0 Å². The van der Waals surface area contributed by atoms with Crippen LogP contribution in [0.2, 0.25) is 0 Å². The molecule has 0 spiro atoms. The molecule has 0 aromatic carbocycles. The maximum atomic E-state index is 6.78. The minimum atomic E-state index is 0.154. The van der Waals surface area contributed by atoms with Gasteiger partial charge in [-0.05, 0) is 177 Å². The summed E-state index contributed by atoms with van der Waals surface area (Å²) in [5.41, 5.74) is 0. The Morgan fingerprint density at radius 1 is 0.258 bits per heavy atom. The van der Waals surface area contributed by atoms with Crippen LogP contribution in [-0.2, 0) is 47.4 Å². The summed E-state index contributed by atoms with van der Waals surface area (Å²) in [6.07, 6.45) is 29.0. The number of piperidine rings is 1. The average molecular weight is 878 g/mol. The fourth-order valence-corrected chi connectivity index (χ4v) is 12.4. The van der Waals surface area contributed by atoms with Crippen molar-refractivity contribution in [2.45, 2.75) is 209 Å². The lowest BCUT2D eigenvalue weighted by Gasteiger charge is -2.39. The van der Waals surface area contributed by atoms with Crippen molar-refractivity contribution in [2.24, 2.45) is 35.5 Å². The van der Waals surface area contributed by atoms with Gasteiger partial charge in [-0.1, -0.05) is 0 Å². The highest BCUT2D eigenvalue weighted by molar-refractivity contribution is 4.86. The Balaban J connectivity index is 0.864. The van der Waals surface area contributed by atoms with E-state index in [9.17, 15) is 0 Å². The number of nitrogens with one attached hydrogen (secondary N) is 1. The van der Waals surface area contributed by atoms with Gasteiger partial charge in [0.25, 0.3) is 0 Å². The molecule has 0 aromatic heterocycles. The Labute approximate surface area is 377 Å². The highest BCUT2D eigenvalue weighted by Gasteiger charge is 2.36. The fourth-order valence-electron chi connectivity index (χ4n) is 12.4. The third-order valence-electron chi connectivity index (χ3n) is 16.6. The van der Waals surface area contributed by atoms with Crippen molar-refractivity contribution in [2.75, 3.05) is 81.2 Å². The summed E-state index contributed by atoms with van der Waals surface area (Å²) in [6, 6.07) is 0. The molecule has 0 radical (unpaired) electrons. The van der Waals surface area contributed by atoms with E-state index in [1.807, 2.05) is 28.4 Å². The highest BCUT2D eigenvalue weighted by atomic mass is 16.5. The predicted molar refractivity (Wildman–Crippen MR) is 242 cm³/mol. The van der Waals surface area contributed by atoms with Crippen molar-refractivity contribution >= 4 is 0 Å². The van der Waals surface area contributed by atoms with Gasteiger partial charge in [-0.3, -0.25) is 0 Å². The van der Waals surface area contributed by atoms with Gasteiger partial charge in [0.05, 0.1) is 74.3 Å². The molecule has 1 aliphatic heterocycles. The maximum Gasteiger partial charge on any atom is 0.0724 e. The third kappa shape index (κ3) is 16.4. The Morgan fingerprint density at radius 3 is 0.742 bits per heavy atom. The van der Waals surface area contributed by atoms with Gasteiger partial charge < -0.3 is 52.7 Å². The first kappa shape index (κ1) is 49.5. The molecule has 6 atom stereocenters. The molecule has 6 unspecified atom stereocenters. The molecule has 360 valence electrons. The zero-order valence-electron chi connectivity index (χ0n) is 39.7. The van der Waals surface area contributed by atoms with Crippen LogP contribution < -0.4 is 5.32 Å². The molecule has 0 bridgehead atoms. The standard InChI is InChI=1S/C51H91NO10/c1-53-42-13-5-36(6-14-42)30-57-46-21-40(22-47(25-46)58-31-37-7-15-43(54-2)16-8-37)34-61-50-27-51(29-52-28-50)62-35-41-23-48(59-32-38-9-17-44(55-3)18-10-38)26-49(24-41)60-33-39-11-19-45(56-4)20-12-39/h36-52H,5-35H2,1-4H3. The van der Waals surface area contributed by atoms with Crippen LogP contribution in [0.3, 0.4) is 0 Å². The number of ether oxygens (including phenoxy) is 10. The van der Waals surface area contributed by atoms with E-state index in [1.165, 1.54) is 51.4 Å². The largest absolute Gasteiger partial charge is 0.381 e.